The third-order valence-corrected chi connectivity index (χ3v) is 9.08. The van der Waals surface area contributed by atoms with Gasteiger partial charge in [0.05, 0.1) is 25.9 Å². The van der Waals surface area contributed by atoms with E-state index in [-0.39, 0.29) is 29.4 Å². The Bertz CT molecular complexity index is 1200. The molecule has 6 nitrogen and oxygen atoms in total. The molecule has 3 aromatic rings. The molecule has 0 N–H and O–H groups in total. The van der Waals surface area contributed by atoms with Crippen molar-refractivity contribution in [2.45, 2.75) is 38.5 Å². The van der Waals surface area contributed by atoms with Crippen molar-refractivity contribution in [1.82, 2.24) is 9.88 Å². The zero-order valence-electron chi connectivity index (χ0n) is 19.6. The number of carbonyl (C=O) groups excluding carboxylic acids is 1. The summed E-state index contributed by atoms with van der Waals surface area (Å²) < 4.78 is 39.1. The number of hydrogen-bond acceptors (Lipinski definition) is 6. The standard InChI is InChI=1S/C24H29ClFN3O3S2/c1-4-28(5-2)14-15-29(24-27-22-17(3)8-13-20(25)23(22)33-24)21(30)7-6-16-34(31,32)19-11-9-18(26)10-12-19/h8-13H,4-7,14-16H2,1-3H3. The Morgan fingerprint density at radius 3 is 2.38 bits per heavy atom. The smallest absolute Gasteiger partial charge is 0.228 e. The number of sulfone groups is 1. The van der Waals surface area contributed by atoms with Gasteiger partial charge in [-0.15, -0.1) is 0 Å². The maximum absolute atomic E-state index is 13.2. The highest BCUT2D eigenvalue weighted by Crippen LogP contribution is 2.36. The van der Waals surface area contributed by atoms with E-state index in [2.05, 4.69) is 18.7 Å². The van der Waals surface area contributed by atoms with E-state index < -0.39 is 15.7 Å². The summed E-state index contributed by atoms with van der Waals surface area (Å²) in [5, 5.41) is 1.15. The molecule has 34 heavy (non-hydrogen) atoms. The molecule has 10 heteroatoms. The van der Waals surface area contributed by atoms with Crippen LogP contribution in [0.15, 0.2) is 41.3 Å². The fraction of sp³-hybridized carbons (Fsp3) is 0.417. The van der Waals surface area contributed by atoms with Crippen LogP contribution >= 0.6 is 22.9 Å². The van der Waals surface area contributed by atoms with E-state index in [1.807, 2.05) is 19.1 Å². The van der Waals surface area contributed by atoms with Gasteiger partial charge in [0.2, 0.25) is 5.91 Å². The molecule has 1 aromatic heterocycles. The predicted octanol–water partition coefficient (Wildman–Crippen LogP) is 5.33. The number of benzene rings is 2. The molecule has 1 heterocycles. The lowest BCUT2D eigenvalue weighted by Gasteiger charge is -2.24. The lowest BCUT2D eigenvalue weighted by molar-refractivity contribution is -0.118. The molecule has 0 saturated carbocycles. The minimum Gasteiger partial charge on any atom is -0.302 e. The van der Waals surface area contributed by atoms with E-state index in [1.54, 1.807) is 4.90 Å². The molecule has 0 spiro atoms. The largest absolute Gasteiger partial charge is 0.302 e. The molecule has 0 atom stereocenters. The van der Waals surface area contributed by atoms with Gasteiger partial charge >= 0.3 is 0 Å². The lowest BCUT2D eigenvalue weighted by Crippen LogP contribution is -2.38. The number of carbonyl (C=O) groups is 1. The zero-order chi connectivity index (χ0) is 24.9. The number of nitrogens with zero attached hydrogens (tertiary/aromatic N) is 3. The highest BCUT2D eigenvalue weighted by Gasteiger charge is 2.23. The maximum Gasteiger partial charge on any atom is 0.228 e. The Labute approximate surface area is 209 Å². The van der Waals surface area contributed by atoms with Crippen molar-refractivity contribution < 1.29 is 17.6 Å². The van der Waals surface area contributed by atoms with Crippen LogP contribution in [0.25, 0.3) is 10.2 Å². The summed E-state index contributed by atoms with van der Waals surface area (Å²) >= 11 is 7.74. The Balaban J connectivity index is 1.77. The predicted molar refractivity (Wildman–Crippen MR) is 137 cm³/mol. The molecule has 0 saturated heterocycles. The Kier molecular flexibility index (Phi) is 9.03. The summed E-state index contributed by atoms with van der Waals surface area (Å²) in [6, 6.07) is 8.45. The van der Waals surface area contributed by atoms with Gasteiger partial charge in [-0.25, -0.2) is 17.8 Å². The average molecular weight is 526 g/mol. The number of amides is 1. The van der Waals surface area contributed by atoms with Crippen LogP contribution in [0.2, 0.25) is 5.02 Å². The van der Waals surface area contributed by atoms with Crippen LogP contribution in [-0.2, 0) is 14.6 Å². The van der Waals surface area contributed by atoms with Crippen molar-refractivity contribution in [1.29, 1.82) is 0 Å². The minimum atomic E-state index is -3.60. The number of thiazole rings is 1. The Hall–Kier alpha value is -2.07. The van der Waals surface area contributed by atoms with Crippen LogP contribution in [0.1, 0.15) is 32.3 Å². The van der Waals surface area contributed by atoms with Crippen LogP contribution in [0, 0.1) is 12.7 Å². The number of likely N-dealkylation sites (N-methyl/N-ethyl adjacent to an activating group) is 1. The fourth-order valence-electron chi connectivity index (χ4n) is 3.62. The first-order valence-electron chi connectivity index (χ1n) is 11.2. The van der Waals surface area contributed by atoms with Crippen molar-refractivity contribution in [2.75, 3.05) is 36.8 Å². The molecule has 1 amide bonds. The average Bonchev–Trinajstić information content (AvgIpc) is 3.26. The van der Waals surface area contributed by atoms with Gasteiger partial charge in [0.25, 0.3) is 0 Å². The number of rotatable bonds is 11. The van der Waals surface area contributed by atoms with Gasteiger partial charge in [0.1, 0.15) is 5.82 Å². The summed E-state index contributed by atoms with van der Waals surface area (Å²) in [5.74, 6) is -0.877. The molecule has 2 aromatic carbocycles. The first-order valence-corrected chi connectivity index (χ1v) is 14.1. The molecule has 0 unspecified atom stereocenters. The SMILES string of the molecule is CCN(CC)CCN(C(=O)CCCS(=O)(=O)c1ccc(F)cc1)c1nc2c(C)ccc(Cl)c2s1. The van der Waals surface area contributed by atoms with E-state index >= 15 is 0 Å². The molecule has 0 aliphatic carbocycles. The van der Waals surface area contributed by atoms with Gasteiger partial charge in [-0.05, 0) is 62.3 Å². The van der Waals surface area contributed by atoms with Crippen LogP contribution in [0.3, 0.4) is 0 Å². The van der Waals surface area contributed by atoms with E-state index in [1.165, 1.54) is 23.5 Å². The number of hydrogen-bond donors (Lipinski definition) is 0. The van der Waals surface area contributed by atoms with Crippen molar-refractivity contribution in [2.24, 2.45) is 0 Å². The second-order valence-electron chi connectivity index (χ2n) is 7.99. The van der Waals surface area contributed by atoms with Crippen LogP contribution < -0.4 is 4.90 Å². The van der Waals surface area contributed by atoms with Crippen molar-refractivity contribution in [3.63, 3.8) is 0 Å². The third kappa shape index (κ3) is 6.33. The van der Waals surface area contributed by atoms with Gasteiger partial charge in [-0.2, -0.15) is 0 Å². The van der Waals surface area contributed by atoms with Crippen molar-refractivity contribution >= 4 is 54.0 Å². The molecule has 0 fully saturated rings. The summed E-state index contributed by atoms with van der Waals surface area (Å²) in [6.07, 6.45) is 0.215. The van der Waals surface area contributed by atoms with Crippen LogP contribution in [0.5, 0.6) is 0 Å². The number of aryl methyl sites for hydroxylation is 1. The lowest BCUT2D eigenvalue weighted by atomic mass is 10.2. The van der Waals surface area contributed by atoms with Crippen molar-refractivity contribution in [3.05, 3.63) is 52.8 Å². The monoisotopic (exact) mass is 525 g/mol. The van der Waals surface area contributed by atoms with Crippen LogP contribution in [0.4, 0.5) is 9.52 Å². The molecule has 3 rings (SSSR count). The molecule has 0 aliphatic rings. The Morgan fingerprint density at radius 1 is 1.09 bits per heavy atom. The normalized spacial score (nSPS) is 11.9. The highest BCUT2D eigenvalue weighted by molar-refractivity contribution is 7.91. The fourth-order valence-corrected chi connectivity index (χ4v) is 6.29. The second-order valence-corrected chi connectivity index (χ2v) is 11.5. The molecule has 0 aliphatic heterocycles. The number of fused-ring (bicyclic) bond motifs is 1. The van der Waals surface area contributed by atoms with E-state index in [0.29, 0.717) is 23.2 Å². The number of halogens is 2. The first kappa shape index (κ1) is 26.5. The summed E-state index contributed by atoms with van der Waals surface area (Å²) in [4.78, 5) is 21.9. The van der Waals surface area contributed by atoms with E-state index in [4.69, 9.17) is 16.6 Å². The number of anilines is 1. The molecule has 184 valence electrons. The quantitative estimate of drug-likeness (QED) is 0.317. The summed E-state index contributed by atoms with van der Waals surface area (Å²) in [7, 11) is -3.60. The van der Waals surface area contributed by atoms with Gasteiger partial charge in [-0.1, -0.05) is 42.9 Å². The van der Waals surface area contributed by atoms with E-state index in [9.17, 15) is 17.6 Å². The highest BCUT2D eigenvalue weighted by atomic mass is 35.5. The molecule has 0 radical (unpaired) electrons. The summed E-state index contributed by atoms with van der Waals surface area (Å²) in [5.41, 5.74) is 1.75. The van der Waals surface area contributed by atoms with Crippen molar-refractivity contribution in [3.8, 4) is 0 Å². The summed E-state index contributed by atoms with van der Waals surface area (Å²) in [6.45, 7) is 8.92. The molecule has 0 bridgehead atoms. The molecular weight excluding hydrogens is 497 g/mol. The topological polar surface area (TPSA) is 70.6 Å². The first-order chi connectivity index (χ1) is 16.2. The second kappa shape index (κ2) is 11.6. The molecular formula is C24H29ClFN3O3S2. The van der Waals surface area contributed by atoms with Crippen LogP contribution in [-0.4, -0.2) is 56.1 Å². The van der Waals surface area contributed by atoms with E-state index in [0.717, 1.165) is 41.0 Å². The Morgan fingerprint density at radius 2 is 1.76 bits per heavy atom. The third-order valence-electron chi connectivity index (χ3n) is 5.73. The minimum absolute atomic E-state index is 0.0519. The van der Waals surface area contributed by atoms with Gasteiger partial charge in [0.15, 0.2) is 15.0 Å². The number of aromatic nitrogens is 1. The maximum atomic E-state index is 13.2. The van der Waals surface area contributed by atoms with Gasteiger partial charge < -0.3 is 4.90 Å². The zero-order valence-corrected chi connectivity index (χ0v) is 21.9. The van der Waals surface area contributed by atoms with Gasteiger partial charge in [0, 0.05) is 19.5 Å². The van der Waals surface area contributed by atoms with Gasteiger partial charge in [-0.3, -0.25) is 9.69 Å².